The molecule has 0 aliphatic carbocycles. The van der Waals surface area contributed by atoms with Crippen molar-refractivity contribution >= 4 is 17.9 Å². The quantitative estimate of drug-likeness (QED) is 0.0731. The third-order valence-electron chi connectivity index (χ3n) is 10.2. The highest BCUT2D eigenvalue weighted by atomic mass is 16.5. The molecule has 3 amide bonds. The van der Waals surface area contributed by atoms with Crippen LogP contribution in [0.4, 0.5) is 4.79 Å². The number of imidazole rings is 2. The molecule has 296 valence electrons. The fourth-order valence-electron chi connectivity index (χ4n) is 7.14. The van der Waals surface area contributed by atoms with Crippen molar-refractivity contribution in [2.24, 2.45) is 5.92 Å². The van der Waals surface area contributed by atoms with Gasteiger partial charge in [0.1, 0.15) is 23.7 Å². The second kappa shape index (κ2) is 19.1. The van der Waals surface area contributed by atoms with Crippen LogP contribution in [-0.4, -0.2) is 88.0 Å². The highest BCUT2D eigenvalue weighted by Gasteiger charge is 2.37. The molecule has 0 radical (unpaired) electrons. The number of rotatable bonds is 14. The number of nitrogens with zero attached hydrogens (tertiary/aromatic N) is 4. The summed E-state index contributed by atoms with van der Waals surface area (Å²) in [5.74, 6) is 7.95. The SMILES string of the molecule is COC(=O)NC(C(=O)N1CCCC1c1ncc(-c2ccc(C#Cc3ccc(-c4cnc(CCCCNC(=O)C(c5ccccc5)N(C)C)[nH]4)cc3)cc2)[nH]1)C(C)C. The molecule has 3 aromatic carbocycles. The summed E-state index contributed by atoms with van der Waals surface area (Å²) < 4.78 is 4.75. The van der Waals surface area contributed by atoms with Gasteiger partial charge in [0.2, 0.25) is 11.8 Å². The number of hydrogen-bond donors (Lipinski definition) is 4. The zero-order valence-corrected chi connectivity index (χ0v) is 33.3. The van der Waals surface area contributed by atoms with E-state index in [-0.39, 0.29) is 29.8 Å². The number of aromatic amines is 2. The summed E-state index contributed by atoms with van der Waals surface area (Å²) >= 11 is 0. The van der Waals surface area contributed by atoms with Gasteiger partial charge < -0.3 is 30.2 Å². The number of likely N-dealkylation sites (tertiary alicyclic amines) is 1. The monoisotopic (exact) mass is 768 g/mol. The first-order valence-electron chi connectivity index (χ1n) is 19.6. The number of unbranched alkanes of at least 4 members (excludes halogenated alkanes) is 1. The van der Waals surface area contributed by atoms with Gasteiger partial charge in [-0.25, -0.2) is 14.8 Å². The summed E-state index contributed by atoms with van der Waals surface area (Å²) in [5.41, 5.74) is 6.59. The third-order valence-corrected chi connectivity index (χ3v) is 10.2. The molecule has 0 saturated carbocycles. The van der Waals surface area contributed by atoms with Crippen LogP contribution in [0.3, 0.4) is 0 Å². The number of likely N-dealkylation sites (N-methyl/N-ethyl adjacent to an activating group) is 1. The Morgan fingerprint density at radius 2 is 1.51 bits per heavy atom. The van der Waals surface area contributed by atoms with E-state index in [1.165, 1.54) is 7.11 Å². The van der Waals surface area contributed by atoms with E-state index in [0.717, 1.165) is 83.0 Å². The van der Waals surface area contributed by atoms with Gasteiger partial charge in [-0.3, -0.25) is 14.5 Å². The van der Waals surface area contributed by atoms with Gasteiger partial charge >= 0.3 is 6.09 Å². The maximum Gasteiger partial charge on any atom is 0.407 e. The predicted molar refractivity (Wildman–Crippen MR) is 221 cm³/mol. The fourth-order valence-corrected chi connectivity index (χ4v) is 7.14. The van der Waals surface area contributed by atoms with Crippen LogP contribution < -0.4 is 10.6 Å². The molecule has 1 saturated heterocycles. The molecule has 12 nitrogen and oxygen atoms in total. The van der Waals surface area contributed by atoms with E-state index >= 15 is 0 Å². The van der Waals surface area contributed by atoms with Gasteiger partial charge in [-0.1, -0.05) is 80.3 Å². The zero-order chi connectivity index (χ0) is 40.3. The van der Waals surface area contributed by atoms with Crippen LogP contribution in [0.1, 0.15) is 80.0 Å². The minimum absolute atomic E-state index is 0.00949. The van der Waals surface area contributed by atoms with Crippen molar-refractivity contribution in [3.05, 3.63) is 120 Å². The Balaban J connectivity index is 0.982. The number of methoxy groups -OCH3 is 1. The average Bonchev–Trinajstić information content (AvgIpc) is 4.01. The summed E-state index contributed by atoms with van der Waals surface area (Å²) in [4.78, 5) is 58.1. The van der Waals surface area contributed by atoms with Gasteiger partial charge in [-0.05, 0) is 86.7 Å². The number of hydrogen-bond acceptors (Lipinski definition) is 7. The normalized spacial score (nSPS) is 14.9. The molecule has 4 N–H and O–H groups in total. The number of benzene rings is 3. The Bertz CT molecular complexity index is 2160. The number of aryl methyl sites for hydroxylation is 1. The van der Waals surface area contributed by atoms with Crippen molar-refractivity contribution in [2.75, 3.05) is 34.3 Å². The molecule has 3 heterocycles. The molecule has 5 aromatic rings. The maximum atomic E-state index is 13.5. The number of nitrogens with one attached hydrogen (secondary N) is 4. The Morgan fingerprint density at radius 3 is 2.12 bits per heavy atom. The fraction of sp³-hybridized carbons (Fsp3) is 0.356. The highest BCUT2D eigenvalue weighted by Crippen LogP contribution is 2.33. The van der Waals surface area contributed by atoms with Gasteiger partial charge in [-0.2, -0.15) is 0 Å². The average molecular weight is 769 g/mol. The van der Waals surface area contributed by atoms with E-state index in [2.05, 4.69) is 42.4 Å². The molecule has 6 rings (SSSR count). The van der Waals surface area contributed by atoms with Crippen molar-refractivity contribution < 1.29 is 19.1 Å². The minimum Gasteiger partial charge on any atom is -0.453 e. The van der Waals surface area contributed by atoms with Crippen LogP contribution in [0, 0.1) is 17.8 Å². The molecule has 3 atom stereocenters. The summed E-state index contributed by atoms with van der Waals surface area (Å²) in [6.07, 6.45) is 7.25. The maximum absolute atomic E-state index is 13.5. The molecular formula is C45H52N8O4. The number of alkyl carbamates (subject to hydrolysis) is 1. The standard InChI is InChI=1S/C45H52N8O4/c1-30(2)40(51-45(56)57-5)44(55)53-27-11-14-38(53)42-48-29-37(50-42)34-24-20-32(21-25-34)17-16-31-18-22-33(23-19-31)36-28-47-39(49-36)15-9-10-26-46-43(54)41(52(3)4)35-12-7-6-8-13-35/h6-8,12-13,18-25,28-30,38,40-41H,9-11,14-15,26-27H2,1-5H3,(H,46,54)(H,47,49)(H,48,50)(H,51,56). The van der Waals surface area contributed by atoms with Gasteiger partial charge in [0.15, 0.2) is 0 Å². The van der Waals surface area contributed by atoms with Crippen LogP contribution in [0.25, 0.3) is 22.5 Å². The zero-order valence-electron chi connectivity index (χ0n) is 33.3. The molecule has 1 aliphatic rings. The molecule has 12 heteroatoms. The van der Waals surface area contributed by atoms with Gasteiger partial charge in [0.25, 0.3) is 0 Å². The van der Waals surface area contributed by atoms with E-state index < -0.39 is 12.1 Å². The van der Waals surface area contributed by atoms with Crippen molar-refractivity contribution in [3.8, 4) is 34.4 Å². The molecule has 0 spiro atoms. The van der Waals surface area contributed by atoms with E-state index in [4.69, 9.17) is 4.74 Å². The molecule has 57 heavy (non-hydrogen) atoms. The number of amides is 3. The van der Waals surface area contributed by atoms with E-state index in [1.54, 1.807) is 6.20 Å². The lowest BCUT2D eigenvalue weighted by molar-refractivity contribution is -0.135. The smallest absolute Gasteiger partial charge is 0.407 e. The summed E-state index contributed by atoms with van der Waals surface area (Å²) in [5, 5.41) is 5.78. The third kappa shape index (κ3) is 10.4. The number of carbonyl (C=O) groups excluding carboxylic acids is 3. The van der Waals surface area contributed by atoms with Gasteiger partial charge in [0.05, 0.1) is 36.9 Å². The molecule has 3 unspecified atom stereocenters. The van der Waals surface area contributed by atoms with Crippen molar-refractivity contribution in [3.63, 3.8) is 0 Å². The number of H-pyrrole nitrogens is 2. The number of ether oxygens (including phenoxy) is 1. The topological polar surface area (TPSA) is 148 Å². The van der Waals surface area contributed by atoms with E-state index in [0.29, 0.717) is 13.1 Å². The summed E-state index contributed by atoms with van der Waals surface area (Å²) in [6, 6.07) is 24.7. The molecule has 1 fully saturated rings. The second-order valence-electron chi connectivity index (χ2n) is 14.9. The Labute approximate surface area is 334 Å². The van der Waals surface area contributed by atoms with E-state index in [1.807, 2.05) is 123 Å². The summed E-state index contributed by atoms with van der Waals surface area (Å²) in [6.45, 7) is 5.02. The molecule has 0 bridgehead atoms. The van der Waals surface area contributed by atoms with Crippen LogP contribution in [0.5, 0.6) is 0 Å². The van der Waals surface area contributed by atoms with Gasteiger partial charge in [-0.15, -0.1) is 0 Å². The molecule has 1 aliphatic heterocycles. The predicted octanol–water partition coefficient (Wildman–Crippen LogP) is 6.65. The Morgan fingerprint density at radius 1 is 0.877 bits per heavy atom. The Kier molecular flexibility index (Phi) is 13.6. The largest absolute Gasteiger partial charge is 0.453 e. The van der Waals surface area contributed by atoms with Crippen LogP contribution in [-0.2, 0) is 20.7 Å². The second-order valence-corrected chi connectivity index (χ2v) is 14.9. The lowest BCUT2D eigenvalue weighted by Crippen LogP contribution is -2.51. The van der Waals surface area contributed by atoms with Gasteiger partial charge in [0, 0.05) is 30.6 Å². The van der Waals surface area contributed by atoms with E-state index in [9.17, 15) is 14.4 Å². The van der Waals surface area contributed by atoms with Crippen molar-refractivity contribution in [1.29, 1.82) is 0 Å². The first kappa shape index (κ1) is 40.5. The summed E-state index contributed by atoms with van der Waals surface area (Å²) in [7, 11) is 5.13. The highest BCUT2D eigenvalue weighted by molar-refractivity contribution is 5.86. The first-order valence-corrected chi connectivity index (χ1v) is 19.6. The lowest BCUT2D eigenvalue weighted by Gasteiger charge is -2.30. The van der Waals surface area contributed by atoms with Crippen LogP contribution in [0.2, 0.25) is 0 Å². The minimum atomic E-state index is -0.679. The number of aromatic nitrogens is 4. The molecule has 2 aromatic heterocycles. The Hall–Kier alpha value is -6.19. The van der Waals surface area contributed by atoms with Crippen LogP contribution >= 0.6 is 0 Å². The first-order chi connectivity index (χ1) is 27.6. The van der Waals surface area contributed by atoms with Crippen LogP contribution in [0.15, 0.2) is 91.3 Å². The lowest BCUT2D eigenvalue weighted by atomic mass is 10.0. The molecular weight excluding hydrogens is 717 g/mol. The number of carbonyl (C=O) groups is 3. The van der Waals surface area contributed by atoms with Crippen molar-refractivity contribution in [1.82, 2.24) is 40.4 Å². The van der Waals surface area contributed by atoms with Crippen molar-refractivity contribution in [2.45, 2.75) is 64.1 Å².